The molecule has 73 heavy (non-hydrogen) atoms. The van der Waals surface area contributed by atoms with Gasteiger partial charge in [-0.3, -0.25) is 0 Å². The van der Waals surface area contributed by atoms with Gasteiger partial charge in [-0.1, -0.05) is 128 Å². The molecule has 0 saturated carbocycles. The Morgan fingerprint density at radius 3 is 0.808 bits per heavy atom. The molecule has 0 aromatic heterocycles. The molecule has 0 saturated heterocycles. The van der Waals surface area contributed by atoms with Crippen LogP contribution in [0.25, 0.3) is 0 Å². The van der Waals surface area contributed by atoms with Crippen molar-refractivity contribution < 1.29 is 64.1 Å². The minimum atomic E-state index is -4.81. The number of hydrogen-bond donors (Lipinski definition) is 0. The zero-order chi connectivity index (χ0) is 53.3. The summed E-state index contributed by atoms with van der Waals surface area (Å²) in [5.41, 5.74) is -0.831. The van der Waals surface area contributed by atoms with E-state index in [4.69, 9.17) is 18.9 Å². The van der Waals surface area contributed by atoms with E-state index < -0.39 is 53.9 Å². The van der Waals surface area contributed by atoms with Gasteiger partial charge in [0, 0.05) is 0 Å². The van der Waals surface area contributed by atoms with E-state index in [-0.39, 0.29) is 86.4 Å². The summed E-state index contributed by atoms with van der Waals surface area (Å²) >= 11 is 0. The van der Waals surface area contributed by atoms with E-state index >= 15 is 0 Å². The monoisotopic (exact) mass is 1080 g/mol. The molecule has 0 heterocycles. The van der Waals surface area contributed by atoms with E-state index in [1.807, 2.05) is 12.2 Å². The second kappa shape index (κ2) is 43.6. The first-order valence-corrected chi connectivity index (χ1v) is 28.9. The summed E-state index contributed by atoms with van der Waals surface area (Å²) in [7, 11) is -9.61. The van der Waals surface area contributed by atoms with Crippen molar-refractivity contribution in [1.29, 1.82) is 0 Å². The molecule has 14 nitrogen and oxygen atoms in total. The largest absolute Gasteiger partial charge is 2.00 e. The van der Waals surface area contributed by atoms with Crippen LogP contribution in [0.3, 0.4) is 0 Å². The molecule has 17 heteroatoms. The van der Waals surface area contributed by atoms with Crippen molar-refractivity contribution in [2.45, 2.75) is 192 Å². The first-order valence-electron chi connectivity index (χ1n) is 26.1. The van der Waals surface area contributed by atoms with E-state index in [0.29, 0.717) is 25.7 Å². The Bertz CT molecular complexity index is 2060. The summed E-state index contributed by atoms with van der Waals surface area (Å²) in [5, 5.41) is 0. The normalized spacial score (nSPS) is 11.7. The Hall–Kier alpha value is -3.64. The second-order valence-corrected chi connectivity index (χ2v) is 20.1. The molecule has 2 aromatic rings. The molecule has 0 radical (unpaired) electrons. The van der Waals surface area contributed by atoms with E-state index in [1.165, 1.54) is 51.4 Å². The van der Waals surface area contributed by atoms with Crippen LogP contribution in [0, 0.1) is 0 Å². The van der Waals surface area contributed by atoms with E-state index in [9.17, 15) is 45.1 Å². The number of carbonyl (C=O) groups excluding carboxylic acids is 4. The molecule has 0 amide bonds. The van der Waals surface area contributed by atoms with Crippen LogP contribution in [0.5, 0.6) is 0 Å². The van der Waals surface area contributed by atoms with Crippen molar-refractivity contribution in [2.24, 2.45) is 0 Å². The Morgan fingerprint density at radius 1 is 0.370 bits per heavy atom. The van der Waals surface area contributed by atoms with Gasteiger partial charge in [-0.15, -0.1) is 0 Å². The predicted molar refractivity (Wildman–Crippen MR) is 286 cm³/mol. The topological polar surface area (TPSA) is 220 Å². The third-order valence-corrected chi connectivity index (χ3v) is 12.7. The van der Waals surface area contributed by atoms with Crippen molar-refractivity contribution in [3.8, 4) is 0 Å². The molecule has 0 spiro atoms. The van der Waals surface area contributed by atoms with Crippen LogP contribution in [0.4, 0.5) is 0 Å². The fourth-order valence-electron chi connectivity index (χ4n) is 6.82. The molecule has 0 N–H and O–H groups in total. The van der Waals surface area contributed by atoms with Gasteiger partial charge in [0.25, 0.3) is 0 Å². The standard InChI is InChI=1S/2C28H42O7S.Ca/c2*1-3-5-7-9-11-13-15-17-21-34-27(29)25-20-19-24(36(31,32)33)23-26(25)28(30)35-22-18-16-14-12-10-8-6-4-2;/h2*11-14,19-20,23H,3-10,15-18,21-22H2,1-2H3,(H,31,32,33);/q;;+2/p-2/b2*13-11+,14-12+;. The van der Waals surface area contributed by atoms with Gasteiger partial charge in [-0.05, 0) is 139 Å². The average Bonchev–Trinajstić information content (AvgIpc) is 3.35. The third kappa shape index (κ3) is 33.8. The van der Waals surface area contributed by atoms with Gasteiger partial charge >= 0.3 is 61.6 Å². The number of esters is 4. The zero-order valence-corrected chi connectivity index (χ0v) is 48.0. The van der Waals surface area contributed by atoms with Crippen molar-refractivity contribution in [2.75, 3.05) is 26.4 Å². The van der Waals surface area contributed by atoms with E-state index in [1.54, 1.807) is 0 Å². The molecular weight excluding hydrogens is 1000 g/mol. The van der Waals surface area contributed by atoms with Crippen LogP contribution in [0.2, 0.25) is 0 Å². The summed E-state index contributed by atoms with van der Waals surface area (Å²) in [6.45, 7) is 9.13. The molecular formula is C56H82CaO14S2. The minimum absolute atomic E-state index is 0. The number of benzene rings is 2. The first kappa shape index (κ1) is 69.4. The zero-order valence-electron chi connectivity index (χ0n) is 44.1. The fourth-order valence-corrected chi connectivity index (χ4v) is 7.81. The number of carbonyl (C=O) groups is 4. The van der Waals surface area contributed by atoms with Crippen LogP contribution in [-0.2, 0) is 39.2 Å². The van der Waals surface area contributed by atoms with Gasteiger partial charge in [0.05, 0.1) is 58.5 Å². The van der Waals surface area contributed by atoms with Crippen molar-refractivity contribution in [3.05, 3.63) is 107 Å². The predicted octanol–water partition coefficient (Wildman–Crippen LogP) is 13.1. The van der Waals surface area contributed by atoms with Gasteiger partial charge in [-0.2, -0.15) is 0 Å². The molecule has 0 unspecified atom stereocenters. The fraction of sp³-hybridized carbons (Fsp3) is 0.571. The Morgan fingerprint density at radius 2 is 0.589 bits per heavy atom. The van der Waals surface area contributed by atoms with Gasteiger partial charge in [-0.25, -0.2) is 36.0 Å². The molecule has 2 rings (SSSR count). The SMILES string of the molecule is CCCCC/C=C/CCCOC(=O)c1ccc(S(=O)(=O)[O-])cc1C(=O)OCCC/C=C/CCCCC.CCCCC/C=C/CCCOC(=O)c1ccc(S(=O)(=O)[O-])cc1C(=O)OCCC/C=C/CCCCC.[Ca+2]. The third-order valence-electron chi connectivity index (χ3n) is 11.0. The maximum Gasteiger partial charge on any atom is 2.00 e. The number of hydrogen-bond acceptors (Lipinski definition) is 14. The number of rotatable bonds is 38. The molecule has 404 valence electrons. The molecule has 0 bridgehead atoms. The number of ether oxygens (including phenoxy) is 4. The second-order valence-electron chi connectivity index (χ2n) is 17.3. The van der Waals surface area contributed by atoms with Crippen molar-refractivity contribution in [1.82, 2.24) is 0 Å². The molecule has 0 atom stereocenters. The van der Waals surface area contributed by atoms with Gasteiger partial charge in [0.15, 0.2) is 0 Å². The quantitative estimate of drug-likeness (QED) is 0.0152. The van der Waals surface area contributed by atoms with Crippen LogP contribution >= 0.6 is 0 Å². The molecule has 0 aliphatic heterocycles. The summed E-state index contributed by atoms with van der Waals surface area (Å²) in [6.07, 6.45) is 40.2. The van der Waals surface area contributed by atoms with Crippen molar-refractivity contribution in [3.63, 3.8) is 0 Å². The van der Waals surface area contributed by atoms with Gasteiger partial charge < -0.3 is 28.1 Å². The number of unbranched alkanes of at least 4 members (excludes halogenated alkanes) is 16. The minimum Gasteiger partial charge on any atom is -0.744 e. The number of allylic oxidation sites excluding steroid dienone is 8. The van der Waals surface area contributed by atoms with E-state index in [0.717, 1.165) is 113 Å². The van der Waals surface area contributed by atoms with Crippen LogP contribution < -0.4 is 0 Å². The Labute approximate surface area is 467 Å². The molecule has 0 aliphatic rings. The molecule has 0 fully saturated rings. The van der Waals surface area contributed by atoms with Crippen molar-refractivity contribution >= 4 is 81.9 Å². The molecule has 0 aliphatic carbocycles. The summed E-state index contributed by atoms with van der Waals surface area (Å²) < 4.78 is 89.6. The van der Waals surface area contributed by atoms with Gasteiger partial charge in [0.2, 0.25) is 0 Å². The average molecular weight is 1080 g/mol. The molecule has 2 aromatic carbocycles. The smallest absolute Gasteiger partial charge is 0.744 e. The van der Waals surface area contributed by atoms with Crippen LogP contribution in [0.15, 0.2) is 94.8 Å². The van der Waals surface area contributed by atoms with E-state index in [2.05, 4.69) is 64.2 Å². The maximum absolute atomic E-state index is 12.6. The Kier molecular flexibility index (Phi) is 41.4. The maximum atomic E-state index is 12.6. The summed E-state index contributed by atoms with van der Waals surface area (Å²) in [4.78, 5) is 49.2. The summed E-state index contributed by atoms with van der Waals surface area (Å²) in [6, 6.07) is 6.00. The van der Waals surface area contributed by atoms with Crippen LogP contribution in [-0.4, -0.2) is 114 Å². The first-order chi connectivity index (χ1) is 34.6. The Balaban J connectivity index is 0.00000140. The van der Waals surface area contributed by atoms with Gasteiger partial charge in [0.1, 0.15) is 20.2 Å². The summed E-state index contributed by atoms with van der Waals surface area (Å²) in [5.74, 6) is -3.26. The van der Waals surface area contributed by atoms with Crippen LogP contribution in [0.1, 0.15) is 223 Å².